The van der Waals surface area contributed by atoms with Crippen molar-refractivity contribution in [2.45, 2.75) is 32.1 Å². The van der Waals surface area contributed by atoms with E-state index in [0.717, 1.165) is 11.8 Å². The normalized spacial score (nSPS) is 23.2. The lowest BCUT2D eigenvalue weighted by Crippen LogP contribution is -1.86. The van der Waals surface area contributed by atoms with Gasteiger partial charge in [-0.25, -0.2) is 0 Å². The van der Waals surface area contributed by atoms with Crippen LogP contribution in [-0.2, 0) is 0 Å². The Labute approximate surface area is 133 Å². The Bertz CT molecular complexity index is 647. The first-order chi connectivity index (χ1) is 10.9. The minimum atomic E-state index is 0.824. The fourth-order valence-electron chi connectivity index (χ4n) is 3.85. The van der Waals surface area contributed by atoms with Crippen LogP contribution in [0, 0.1) is 11.8 Å². The molecule has 2 aliphatic rings. The Hall–Kier alpha value is -2.04. The second-order valence-corrected chi connectivity index (χ2v) is 6.54. The molecule has 0 amide bonds. The third kappa shape index (κ3) is 2.67. The second kappa shape index (κ2) is 5.99. The average molecular weight is 286 g/mol. The molecule has 2 aromatic rings. The van der Waals surface area contributed by atoms with Gasteiger partial charge in [0.05, 0.1) is 0 Å². The van der Waals surface area contributed by atoms with Gasteiger partial charge in [-0.05, 0) is 41.4 Å². The van der Waals surface area contributed by atoms with Crippen molar-refractivity contribution in [2.24, 2.45) is 11.8 Å². The van der Waals surface area contributed by atoms with Gasteiger partial charge in [-0.15, -0.1) is 5.73 Å². The maximum atomic E-state index is 3.83. The number of rotatable bonds is 2. The van der Waals surface area contributed by atoms with E-state index in [-0.39, 0.29) is 0 Å². The van der Waals surface area contributed by atoms with Gasteiger partial charge in [0.15, 0.2) is 0 Å². The zero-order chi connectivity index (χ0) is 14.8. The summed E-state index contributed by atoms with van der Waals surface area (Å²) in [6.45, 7) is 0. The molecule has 2 fully saturated rings. The van der Waals surface area contributed by atoms with Gasteiger partial charge >= 0.3 is 0 Å². The zero-order valence-corrected chi connectivity index (χ0v) is 13.0. The van der Waals surface area contributed by atoms with Crippen LogP contribution in [0.3, 0.4) is 0 Å². The van der Waals surface area contributed by atoms with E-state index in [0.29, 0.717) is 0 Å². The molecule has 4 rings (SSSR count). The highest BCUT2D eigenvalue weighted by Gasteiger charge is 2.43. The molecule has 0 bridgehead atoms. The van der Waals surface area contributed by atoms with Crippen molar-refractivity contribution in [3.8, 4) is 0 Å². The number of allylic oxidation sites excluding steroid dienone is 1. The number of fused-ring (bicyclic) bond motifs is 1. The van der Waals surface area contributed by atoms with Crippen molar-refractivity contribution >= 4 is 5.57 Å². The molecule has 0 heterocycles. The molecule has 0 aromatic heterocycles. The smallest absolute Gasteiger partial charge is 0.0309 e. The van der Waals surface area contributed by atoms with E-state index in [4.69, 9.17) is 0 Å². The Balaban J connectivity index is 1.80. The molecule has 110 valence electrons. The SMILES string of the molecule is C(=C(c1ccccc1)c1ccccc1)=C1[C@H]2CCCCC[C@H]12. The van der Waals surface area contributed by atoms with Crippen molar-refractivity contribution in [3.63, 3.8) is 0 Å². The first-order valence-corrected chi connectivity index (χ1v) is 8.55. The summed E-state index contributed by atoms with van der Waals surface area (Å²) >= 11 is 0. The number of hydrogen-bond acceptors (Lipinski definition) is 0. The quantitative estimate of drug-likeness (QED) is 0.607. The van der Waals surface area contributed by atoms with E-state index >= 15 is 0 Å². The minimum Gasteiger partial charge on any atom is -0.112 e. The third-order valence-corrected chi connectivity index (χ3v) is 5.10. The van der Waals surface area contributed by atoms with E-state index in [1.54, 1.807) is 5.57 Å². The molecule has 2 aliphatic carbocycles. The van der Waals surface area contributed by atoms with E-state index in [1.165, 1.54) is 48.8 Å². The van der Waals surface area contributed by atoms with Crippen molar-refractivity contribution < 1.29 is 0 Å². The summed E-state index contributed by atoms with van der Waals surface area (Å²) in [5.41, 5.74) is 9.24. The van der Waals surface area contributed by atoms with Crippen molar-refractivity contribution in [2.75, 3.05) is 0 Å². The van der Waals surface area contributed by atoms with Crippen LogP contribution >= 0.6 is 0 Å². The van der Waals surface area contributed by atoms with E-state index < -0.39 is 0 Å². The van der Waals surface area contributed by atoms with Gasteiger partial charge < -0.3 is 0 Å². The highest BCUT2D eigenvalue weighted by atomic mass is 14.5. The van der Waals surface area contributed by atoms with Crippen molar-refractivity contribution in [1.29, 1.82) is 0 Å². The van der Waals surface area contributed by atoms with Crippen LogP contribution in [0.25, 0.3) is 5.57 Å². The fraction of sp³-hybridized carbons (Fsp3) is 0.318. The van der Waals surface area contributed by atoms with Crippen LogP contribution in [-0.4, -0.2) is 0 Å². The molecule has 0 nitrogen and oxygen atoms in total. The lowest BCUT2D eigenvalue weighted by atomic mass is 9.98. The molecule has 2 saturated carbocycles. The molecule has 0 spiro atoms. The summed E-state index contributed by atoms with van der Waals surface area (Å²) in [6, 6.07) is 21.5. The lowest BCUT2D eigenvalue weighted by Gasteiger charge is -2.05. The van der Waals surface area contributed by atoms with Crippen LogP contribution in [0.15, 0.2) is 72.0 Å². The number of benzene rings is 2. The highest BCUT2D eigenvalue weighted by Crippen LogP contribution is 2.53. The topological polar surface area (TPSA) is 0 Å². The maximum Gasteiger partial charge on any atom is 0.0309 e. The summed E-state index contributed by atoms with van der Waals surface area (Å²) in [5, 5.41) is 0. The second-order valence-electron chi connectivity index (χ2n) is 6.54. The van der Waals surface area contributed by atoms with Gasteiger partial charge in [-0.3, -0.25) is 0 Å². The molecule has 0 aliphatic heterocycles. The first-order valence-electron chi connectivity index (χ1n) is 8.55. The zero-order valence-electron chi connectivity index (χ0n) is 13.0. The van der Waals surface area contributed by atoms with Crippen LogP contribution in [0.4, 0.5) is 0 Å². The van der Waals surface area contributed by atoms with Crippen molar-refractivity contribution in [1.82, 2.24) is 0 Å². The molecular formula is C22H22. The molecule has 0 radical (unpaired) electrons. The van der Waals surface area contributed by atoms with Gasteiger partial charge in [-0.2, -0.15) is 0 Å². The van der Waals surface area contributed by atoms with Crippen LogP contribution < -0.4 is 0 Å². The standard InChI is InChI=1S/C22H22/c1-4-10-17(11-5-1)21(18-12-6-2-7-13-18)16-22-19-14-8-3-9-15-20(19)22/h1-2,4-7,10-13,19-20H,3,8-9,14-15H2/t19-,20-/m0/s1. The lowest BCUT2D eigenvalue weighted by molar-refractivity contribution is 0.663. The molecule has 0 heteroatoms. The minimum absolute atomic E-state index is 0.824. The van der Waals surface area contributed by atoms with Gasteiger partial charge in [0.2, 0.25) is 0 Å². The molecule has 0 unspecified atom stereocenters. The predicted octanol–water partition coefficient (Wildman–Crippen LogP) is 5.85. The highest BCUT2D eigenvalue weighted by molar-refractivity contribution is 5.80. The summed E-state index contributed by atoms with van der Waals surface area (Å²) in [5.74, 6) is 1.65. The Morgan fingerprint density at radius 2 is 1.18 bits per heavy atom. The summed E-state index contributed by atoms with van der Waals surface area (Å²) in [4.78, 5) is 0. The van der Waals surface area contributed by atoms with E-state index in [1.807, 2.05) is 0 Å². The summed E-state index contributed by atoms with van der Waals surface area (Å²) in [6.07, 6.45) is 6.98. The summed E-state index contributed by atoms with van der Waals surface area (Å²) in [7, 11) is 0. The molecule has 0 N–H and O–H groups in total. The molecule has 0 saturated heterocycles. The van der Waals surface area contributed by atoms with Gasteiger partial charge in [0.1, 0.15) is 0 Å². The largest absolute Gasteiger partial charge is 0.112 e. The van der Waals surface area contributed by atoms with Crippen LogP contribution in [0.2, 0.25) is 0 Å². The summed E-state index contributed by atoms with van der Waals surface area (Å²) < 4.78 is 0. The molecule has 22 heavy (non-hydrogen) atoms. The third-order valence-electron chi connectivity index (χ3n) is 5.10. The van der Waals surface area contributed by atoms with E-state index in [2.05, 4.69) is 66.4 Å². The average Bonchev–Trinajstić information content (AvgIpc) is 3.29. The Morgan fingerprint density at radius 1 is 0.682 bits per heavy atom. The molecule has 2 aromatic carbocycles. The molecular weight excluding hydrogens is 264 g/mol. The van der Waals surface area contributed by atoms with Crippen LogP contribution in [0.5, 0.6) is 0 Å². The van der Waals surface area contributed by atoms with Gasteiger partial charge in [0, 0.05) is 5.57 Å². The van der Waals surface area contributed by atoms with E-state index in [9.17, 15) is 0 Å². The maximum absolute atomic E-state index is 3.83. The van der Waals surface area contributed by atoms with Gasteiger partial charge in [0.25, 0.3) is 0 Å². The van der Waals surface area contributed by atoms with Gasteiger partial charge in [-0.1, -0.05) is 79.9 Å². The Morgan fingerprint density at radius 3 is 1.68 bits per heavy atom. The molecule has 2 atom stereocenters. The predicted molar refractivity (Wildman–Crippen MR) is 92.5 cm³/mol. The van der Waals surface area contributed by atoms with Crippen LogP contribution in [0.1, 0.15) is 43.2 Å². The first kappa shape index (κ1) is 13.6. The monoisotopic (exact) mass is 286 g/mol. The van der Waals surface area contributed by atoms with Crippen molar-refractivity contribution in [3.05, 3.63) is 83.1 Å². The fourth-order valence-corrected chi connectivity index (χ4v) is 3.85. The Kier molecular flexibility index (Phi) is 3.70. The number of hydrogen-bond donors (Lipinski definition) is 0.